The van der Waals surface area contributed by atoms with Gasteiger partial charge >= 0.3 is 12.3 Å². The maximum Gasteiger partial charge on any atom is 0.573 e. The van der Waals surface area contributed by atoms with Crippen molar-refractivity contribution in [3.8, 4) is 5.75 Å². The summed E-state index contributed by atoms with van der Waals surface area (Å²) in [7, 11) is -4.23. The van der Waals surface area contributed by atoms with Crippen molar-refractivity contribution in [3.63, 3.8) is 0 Å². The van der Waals surface area contributed by atoms with E-state index in [2.05, 4.69) is 14.4 Å². The predicted octanol–water partition coefficient (Wildman–Crippen LogP) is 5.55. The average molecular weight is 537 g/mol. The molecule has 0 amide bonds. The molecule has 4 rings (SSSR count). The van der Waals surface area contributed by atoms with E-state index in [4.69, 9.17) is 16.7 Å². The van der Waals surface area contributed by atoms with Crippen molar-refractivity contribution < 1.29 is 36.2 Å². The zero-order chi connectivity index (χ0) is 26.1. The molecule has 0 radical (unpaired) electrons. The summed E-state index contributed by atoms with van der Waals surface area (Å²) in [5, 5.41) is 10.8. The number of benzene rings is 3. The summed E-state index contributed by atoms with van der Waals surface area (Å²) in [5.74, 6) is -1.70. The van der Waals surface area contributed by atoms with Gasteiger partial charge in [0.15, 0.2) is 0 Å². The Morgan fingerprint density at radius 3 is 2.31 bits per heavy atom. The van der Waals surface area contributed by atoms with Crippen LogP contribution >= 0.6 is 11.6 Å². The fourth-order valence-corrected chi connectivity index (χ4v) is 4.90. The Bertz CT molecular complexity index is 1530. The van der Waals surface area contributed by atoms with E-state index in [-0.39, 0.29) is 21.7 Å². The van der Waals surface area contributed by atoms with Gasteiger partial charge in [-0.25, -0.2) is 13.2 Å². The number of rotatable bonds is 7. The van der Waals surface area contributed by atoms with Crippen LogP contribution in [0.25, 0.3) is 10.8 Å². The van der Waals surface area contributed by atoms with Crippen LogP contribution < -0.4 is 9.46 Å². The number of carboxylic acids is 1. The smallest absolute Gasteiger partial charge is 0.478 e. The Labute approximate surface area is 208 Å². The molecule has 1 atom stereocenters. The fourth-order valence-electron chi connectivity index (χ4n) is 3.47. The maximum absolute atomic E-state index is 13.2. The molecule has 0 bridgehead atoms. The third kappa shape index (κ3) is 5.76. The van der Waals surface area contributed by atoms with Crippen LogP contribution in [0.1, 0.15) is 27.7 Å². The maximum atomic E-state index is 13.2. The number of carbonyl (C=O) groups is 1. The van der Waals surface area contributed by atoms with Gasteiger partial charge in [-0.2, -0.15) is 4.72 Å². The highest BCUT2D eigenvalue weighted by molar-refractivity contribution is 7.89. The molecule has 186 valence electrons. The number of pyridine rings is 1. The van der Waals surface area contributed by atoms with E-state index in [9.17, 15) is 26.4 Å². The number of halogens is 4. The second-order valence-corrected chi connectivity index (χ2v) is 9.69. The van der Waals surface area contributed by atoms with Crippen molar-refractivity contribution in [1.82, 2.24) is 9.71 Å². The van der Waals surface area contributed by atoms with E-state index in [1.54, 1.807) is 24.3 Å². The van der Waals surface area contributed by atoms with Crippen LogP contribution in [0.5, 0.6) is 5.75 Å². The molecule has 36 heavy (non-hydrogen) atoms. The Morgan fingerprint density at radius 2 is 1.69 bits per heavy atom. The molecule has 0 spiro atoms. The van der Waals surface area contributed by atoms with E-state index in [1.165, 1.54) is 18.3 Å². The lowest BCUT2D eigenvalue weighted by molar-refractivity contribution is -0.274. The number of fused-ring (bicyclic) bond motifs is 1. The highest BCUT2D eigenvalue weighted by atomic mass is 35.5. The summed E-state index contributed by atoms with van der Waals surface area (Å²) >= 11 is 6.29. The van der Waals surface area contributed by atoms with E-state index >= 15 is 0 Å². The number of carboxylic acid groups (broad SMARTS) is 1. The van der Waals surface area contributed by atoms with Crippen molar-refractivity contribution >= 4 is 38.4 Å². The fraction of sp³-hybridized carbons (Fsp3) is 0.0833. The van der Waals surface area contributed by atoms with Crippen LogP contribution in [0.15, 0.2) is 83.9 Å². The van der Waals surface area contributed by atoms with Crippen LogP contribution in [0, 0.1) is 0 Å². The van der Waals surface area contributed by atoms with Gasteiger partial charge in [0, 0.05) is 22.0 Å². The van der Waals surface area contributed by atoms with Crippen LogP contribution in [-0.4, -0.2) is 30.8 Å². The van der Waals surface area contributed by atoms with E-state index < -0.39 is 34.1 Å². The average Bonchev–Trinajstić information content (AvgIpc) is 2.82. The minimum atomic E-state index is -4.89. The highest BCUT2D eigenvalue weighted by Crippen LogP contribution is 2.31. The summed E-state index contributed by atoms with van der Waals surface area (Å²) in [4.78, 5) is 15.2. The molecule has 0 saturated carbocycles. The van der Waals surface area contributed by atoms with Crippen molar-refractivity contribution in [2.45, 2.75) is 17.3 Å². The number of aromatic carboxylic acids is 1. The Hall–Kier alpha value is -3.67. The first-order valence-electron chi connectivity index (χ1n) is 10.2. The van der Waals surface area contributed by atoms with Crippen LogP contribution in [-0.2, 0) is 10.0 Å². The van der Waals surface area contributed by atoms with Gasteiger partial charge in [0.1, 0.15) is 5.75 Å². The zero-order valence-corrected chi connectivity index (χ0v) is 19.6. The number of hydrogen-bond acceptors (Lipinski definition) is 5. The molecule has 0 aliphatic carbocycles. The number of aromatic nitrogens is 1. The normalized spacial score (nSPS) is 12.9. The first-order chi connectivity index (χ1) is 16.9. The number of nitrogens with one attached hydrogen (secondary N) is 1. The molecule has 0 saturated heterocycles. The van der Waals surface area contributed by atoms with Crippen molar-refractivity contribution in [3.05, 3.63) is 101 Å². The van der Waals surface area contributed by atoms with Gasteiger partial charge in [0.2, 0.25) is 10.0 Å². The van der Waals surface area contributed by atoms with Gasteiger partial charge in [0.25, 0.3) is 0 Å². The van der Waals surface area contributed by atoms with Crippen molar-refractivity contribution in [2.24, 2.45) is 0 Å². The monoisotopic (exact) mass is 536 g/mol. The van der Waals surface area contributed by atoms with E-state index in [0.29, 0.717) is 15.8 Å². The summed E-state index contributed by atoms with van der Waals surface area (Å²) in [6.07, 6.45) is -3.39. The number of sulfonamides is 1. The highest BCUT2D eigenvalue weighted by Gasteiger charge is 2.31. The largest absolute Gasteiger partial charge is 0.573 e. The Balaban J connectivity index is 1.76. The standard InChI is InChI=1S/C24H16ClF3N2O5S/c25-20-3-1-2-16-13-29-21(12-19(16)20)22(14-4-8-17(9-5-14)35-24(26,27)28)30-36(33,34)18-10-6-15(7-11-18)23(31)32/h1-13,22,30H,(H,31,32). The lowest BCUT2D eigenvalue weighted by Crippen LogP contribution is -2.30. The molecule has 1 aromatic heterocycles. The minimum Gasteiger partial charge on any atom is -0.478 e. The second-order valence-electron chi connectivity index (χ2n) is 7.57. The number of nitrogens with zero attached hydrogens (tertiary/aromatic N) is 1. The molecule has 2 N–H and O–H groups in total. The molecular weight excluding hydrogens is 521 g/mol. The summed E-state index contributed by atoms with van der Waals surface area (Å²) < 4.78 is 70.4. The first-order valence-corrected chi connectivity index (χ1v) is 12.0. The lowest BCUT2D eigenvalue weighted by atomic mass is 10.0. The van der Waals surface area contributed by atoms with Crippen LogP contribution in [0.3, 0.4) is 0 Å². The molecule has 3 aromatic carbocycles. The summed E-state index contributed by atoms with van der Waals surface area (Å²) in [5.41, 5.74) is 0.400. The summed E-state index contributed by atoms with van der Waals surface area (Å²) in [6, 6.07) is 14.8. The molecular formula is C24H16ClF3N2O5S. The van der Waals surface area contributed by atoms with Gasteiger partial charge in [-0.15, -0.1) is 13.2 Å². The molecule has 12 heteroatoms. The van der Waals surface area contributed by atoms with Gasteiger partial charge in [0.05, 0.1) is 22.2 Å². The number of hydrogen-bond donors (Lipinski definition) is 2. The van der Waals surface area contributed by atoms with E-state index in [1.807, 2.05) is 0 Å². The van der Waals surface area contributed by atoms with Gasteiger partial charge < -0.3 is 9.84 Å². The SMILES string of the molecule is O=C(O)c1ccc(S(=O)(=O)NC(c2ccc(OC(F)(F)F)cc2)c2cc3c(Cl)cccc3cn2)cc1. The Kier molecular flexibility index (Phi) is 6.90. The Morgan fingerprint density at radius 1 is 1.03 bits per heavy atom. The number of ether oxygens (including phenoxy) is 1. The summed E-state index contributed by atoms with van der Waals surface area (Å²) in [6.45, 7) is 0. The second kappa shape index (κ2) is 9.76. The predicted molar refractivity (Wildman–Crippen MR) is 125 cm³/mol. The van der Waals surface area contributed by atoms with Gasteiger partial charge in [-0.05, 0) is 54.1 Å². The molecule has 1 heterocycles. The van der Waals surface area contributed by atoms with Gasteiger partial charge in [-0.3, -0.25) is 4.98 Å². The lowest BCUT2D eigenvalue weighted by Gasteiger charge is -2.20. The van der Waals surface area contributed by atoms with Crippen molar-refractivity contribution in [1.29, 1.82) is 0 Å². The third-order valence-corrected chi connectivity index (χ3v) is 6.93. The number of alkyl halides is 3. The molecule has 0 aliphatic rings. The topological polar surface area (TPSA) is 106 Å². The molecule has 0 aliphatic heterocycles. The van der Waals surface area contributed by atoms with Gasteiger partial charge in [-0.1, -0.05) is 35.9 Å². The quantitative estimate of drug-likeness (QED) is 0.321. The molecule has 0 fully saturated rings. The third-order valence-electron chi connectivity index (χ3n) is 5.16. The van der Waals surface area contributed by atoms with Crippen LogP contribution in [0.2, 0.25) is 5.02 Å². The first kappa shape index (κ1) is 25.4. The molecule has 4 aromatic rings. The van der Waals surface area contributed by atoms with Crippen molar-refractivity contribution in [2.75, 3.05) is 0 Å². The van der Waals surface area contributed by atoms with E-state index in [0.717, 1.165) is 36.4 Å². The minimum absolute atomic E-state index is 0.100. The zero-order valence-electron chi connectivity index (χ0n) is 18.0. The molecule has 1 unspecified atom stereocenters. The molecule has 7 nitrogen and oxygen atoms in total. The van der Waals surface area contributed by atoms with Crippen LogP contribution in [0.4, 0.5) is 13.2 Å².